The second-order valence-electron chi connectivity index (χ2n) is 5.67. The molecule has 0 heterocycles. The van der Waals surface area contributed by atoms with E-state index in [1.807, 2.05) is 0 Å². The van der Waals surface area contributed by atoms with Crippen LogP contribution in [0.1, 0.15) is 59.3 Å². The Bertz CT molecular complexity index is 243. The Labute approximate surface area is 112 Å². The molecule has 1 aliphatic carbocycles. The van der Waals surface area contributed by atoms with E-state index in [2.05, 4.69) is 25.7 Å². The van der Waals surface area contributed by atoms with Crippen molar-refractivity contribution in [3.05, 3.63) is 0 Å². The first-order valence-electron chi connectivity index (χ1n) is 7.66. The Hall–Kier alpha value is -0.570. The second-order valence-corrected chi connectivity index (χ2v) is 5.67. The monoisotopic (exact) mass is 254 g/mol. The van der Waals surface area contributed by atoms with Crippen LogP contribution in [0, 0.1) is 11.8 Å². The zero-order chi connectivity index (χ0) is 13.5. The summed E-state index contributed by atoms with van der Waals surface area (Å²) < 4.78 is 0. The highest BCUT2D eigenvalue weighted by Gasteiger charge is 2.28. The van der Waals surface area contributed by atoms with Crippen molar-refractivity contribution in [3.63, 3.8) is 0 Å². The van der Waals surface area contributed by atoms with Gasteiger partial charge in [-0.1, -0.05) is 26.7 Å². The summed E-state index contributed by atoms with van der Waals surface area (Å²) in [5, 5.41) is 0. The van der Waals surface area contributed by atoms with Gasteiger partial charge in [-0.05, 0) is 38.5 Å². The molecule has 2 N–H and O–H groups in total. The average Bonchev–Trinajstić information content (AvgIpc) is 2.40. The SMILES string of the molecule is CCC(CC)CN(CC)C(=O)C1CCC(N)CC1. The number of carbonyl (C=O) groups excluding carboxylic acids is 1. The van der Waals surface area contributed by atoms with E-state index in [0.717, 1.165) is 51.6 Å². The molecule has 106 valence electrons. The van der Waals surface area contributed by atoms with Crippen LogP contribution in [0.25, 0.3) is 0 Å². The van der Waals surface area contributed by atoms with E-state index in [-0.39, 0.29) is 5.92 Å². The summed E-state index contributed by atoms with van der Waals surface area (Å²) in [5.74, 6) is 1.26. The molecule has 3 heteroatoms. The number of nitrogens with two attached hydrogens (primary N) is 1. The van der Waals surface area contributed by atoms with Gasteiger partial charge in [0.15, 0.2) is 0 Å². The molecule has 0 saturated heterocycles. The number of hydrogen-bond donors (Lipinski definition) is 1. The summed E-state index contributed by atoms with van der Waals surface area (Å²) in [4.78, 5) is 14.6. The quantitative estimate of drug-likeness (QED) is 0.792. The Morgan fingerprint density at radius 3 is 2.17 bits per heavy atom. The van der Waals surface area contributed by atoms with Crippen LogP contribution in [-0.4, -0.2) is 29.9 Å². The molecule has 18 heavy (non-hydrogen) atoms. The number of nitrogens with zero attached hydrogens (tertiary/aromatic N) is 1. The molecule has 0 aromatic rings. The molecule has 0 aliphatic heterocycles. The van der Waals surface area contributed by atoms with Gasteiger partial charge in [-0.2, -0.15) is 0 Å². The van der Waals surface area contributed by atoms with Crippen molar-refractivity contribution in [2.75, 3.05) is 13.1 Å². The molecule has 1 amide bonds. The first-order valence-corrected chi connectivity index (χ1v) is 7.66. The largest absolute Gasteiger partial charge is 0.342 e. The molecule has 0 unspecified atom stereocenters. The van der Waals surface area contributed by atoms with Crippen molar-refractivity contribution < 1.29 is 4.79 Å². The van der Waals surface area contributed by atoms with Crippen LogP contribution in [0.2, 0.25) is 0 Å². The van der Waals surface area contributed by atoms with Gasteiger partial charge in [0.25, 0.3) is 0 Å². The highest BCUT2D eigenvalue weighted by atomic mass is 16.2. The van der Waals surface area contributed by atoms with Gasteiger partial charge >= 0.3 is 0 Å². The molecule has 1 aliphatic rings. The fraction of sp³-hybridized carbons (Fsp3) is 0.933. The lowest BCUT2D eigenvalue weighted by molar-refractivity contribution is -0.137. The van der Waals surface area contributed by atoms with E-state index in [1.54, 1.807) is 0 Å². The molecule has 0 bridgehead atoms. The van der Waals surface area contributed by atoms with Gasteiger partial charge in [0, 0.05) is 25.0 Å². The smallest absolute Gasteiger partial charge is 0.225 e. The van der Waals surface area contributed by atoms with E-state index in [0.29, 0.717) is 17.9 Å². The first kappa shape index (κ1) is 15.5. The van der Waals surface area contributed by atoms with Crippen LogP contribution in [-0.2, 0) is 4.79 Å². The van der Waals surface area contributed by atoms with E-state index in [9.17, 15) is 4.79 Å². The highest BCUT2D eigenvalue weighted by molar-refractivity contribution is 5.78. The van der Waals surface area contributed by atoms with Crippen LogP contribution in [0.3, 0.4) is 0 Å². The molecular weight excluding hydrogens is 224 g/mol. The summed E-state index contributed by atoms with van der Waals surface area (Å²) >= 11 is 0. The fourth-order valence-electron chi connectivity index (χ4n) is 2.86. The topological polar surface area (TPSA) is 46.3 Å². The van der Waals surface area contributed by atoms with Gasteiger partial charge in [0.2, 0.25) is 5.91 Å². The predicted octanol–water partition coefficient (Wildman–Crippen LogP) is 2.79. The summed E-state index contributed by atoms with van der Waals surface area (Å²) in [5.41, 5.74) is 5.90. The van der Waals surface area contributed by atoms with Crippen molar-refractivity contribution in [2.24, 2.45) is 17.6 Å². The Morgan fingerprint density at radius 1 is 1.17 bits per heavy atom. The molecule has 0 aromatic heterocycles. The van der Waals surface area contributed by atoms with Gasteiger partial charge in [0.1, 0.15) is 0 Å². The standard InChI is InChI=1S/C15H30N2O/c1-4-12(5-2)11-17(6-3)15(18)13-7-9-14(16)10-8-13/h12-14H,4-11,16H2,1-3H3. The molecule has 0 spiro atoms. The molecule has 0 radical (unpaired) electrons. The lowest BCUT2D eigenvalue weighted by Crippen LogP contribution is -2.41. The molecule has 1 fully saturated rings. The minimum Gasteiger partial charge on any atom is -0.342 e. The van der Waals surface area contributed by atoms with Gasteiger partial charge < -0.3 is 10.6 Å². The minimum atomic E-state index is 0.235. The maximum atomic E-state index is 12.5. The zero-order valence-electron chi connectivity index (χ0n) is 12.3. The average molecular weight is 254 g/mol. The predicted molar refractivity (Wildman–Crippen MR) is 76.3 cm³/mol. The number of hydrogen-bond acceptors (Lipinski definition) is 2. The van der Waals surface area contributed by atoms with Crippen LogP contribution in [0.4, 0.5) is 0 Å². The molecule has 3 nitrogen and oxygen atoms in total. The minimum absolute atomic E-state index is 0.235. The zero-order valence-corrected chi connectivity index (χ0v) is 12.3. The molecule has 1 rings (SSSR count). The normalized spacial score (nSPS) is 24.3. The fourth-order valence-corrected chi connectivity index (χ4v) is 2.86. The van der Waals surface area contributed by atoms with Crippen molar-refractivity contribution in [1.82, 2.24) is 4.90 Å². The lowest BCUT2D eigenvalue weighted by atomic mass is 9.85. The molecular formula is C15H30N2O. The lowest BCUT2D eigenvalue weighted by Gasteiger charge is -2.32. The van der Waals surface area contributed by atoms with Gasteiger partial charge in [-0.25, -0.2) is 0 Å². The van der Waals surface area contributed by atoms with Gasteiger partial charge in [0.05, 0.1) is 0 Å². The maximum absolute atomic E-state index is 12.5. The summed E-state index contributed by atoms with van der Waals surface area (Å²) in [6, 6.07) is 0.322. The van der Waals surface area contributed by atoms with Gasteiger partial charge in [-0.15, -0.1) is 0 Å². The van der Waals surface area contributed by atoms with E-state index < -0.39 is 0 Å². The summed E-state index contributed by atoms with van der Waals surface area (Å²) in [6.45, 7) is 8.30. The van der Waals surface area contributed by atoms with Crippen molar-refractivity contribution >= 4 is 5.91 Å². The van der Waals surface area contributed by atoms with Crippen LogP contribution in [0.5, 0.6) is 0 Å². The Kier molecular flexibility index (Phi) is 6.69. The van der Waals surface area contributed by atoms with Crippen molar-refractivity contribution in [2.45, 2.75) is 65.3 Å². The second kappa shape index (κ2) is 7.78. The van der Waals surface area contributed by atoms with Gasteiger partial charge in [-0.3, -0.25) is 4.79 Å². The van der Waals surface area contributed by atoms with Crippen LogP contribution in [0.15, 0.2) is 0 Å². The highest BCUT2D eigenvalue weighted by Crippen LogP contribution is 2.25. The van der Waals surface area contributed by atoms with E-state index in [4.69, 9.17) is 5.73 Å². The van der Waals surface area contributed by atoms with Crippen LogP contribution < -0.4 is 5.73 Å². The third-order valence-electron chi connectivity index (χ3n) is 4.45. The maximum Gasteiger partial charge on any atom is 0.225 e. The third kappa shape index (κ3) is 4.27. The first-order chi connectivity index (χ1) is 8.62. The Balaban J connectivity index is 2.50. The molecule has 1 saturated carbocycles. The number of amides is 1. The Morgan fingerprint density at radius 2 is 1.72 bits per heavy atom. The van der Waals surface area contributed by atoms with E-state index in [1.165, 1.54) is 0 Å². The molecule has 0 aromatic carbocycles. The summed E-state index contributed by atoms with van der Waals surface area (Å²) in [7, 11) is 0. The number of carbonyl (C=O) groups is 1. The van der Waals surface area contributed by atoms with Crippen LogP contribution >= 0.6 is 0 Å². The van der Waals surface area contributed by atoms with Crippen molar-refractivity contribution in [3.8, 4) is 0 Å². The third-order valence-corrected chi connectivity index (χ3v) is 4.45. The van der Waals surface area contributed by atoms with E-state index >= 15 is 0 Å². The number of rotatable bonds is 6. The van der Waals surface area contributed by atoms with Crippen molar-refractivity contribution in [1.29, 1.82) is 0 Å². The molecule has 0 atom stereocenters. The summed E-state index contributed by atoms with van der Waals surface area (Å²) in [6.07, 6.45) is 6.32.